The molecule has 0 aromatic rings. The fraction of sp³-hybridized carbons (Fsp3) is 0.778. The molecule has 2 amide bonds. The predicted octanol–water partition coefficient (Wildman–Crippen LogP) is 0.235. The zero-order valence-corrected chi connectivity index (χ0v) is 8.70. The highest BCUT2D eigenvalue weighted by molar-refractivity contribution is 5.89. The van der Waals surface area contributed by atoms with Crippen LogP contribution in [-0.4, -0.2) is 37.4 Å². The third-order valence-electron chi connectivity index (χ3n) is 1.86. The Morgan fingerprint density at radius 1 is 1.54 bits per heavy atom. The van der Waals surface area contributed by atoms with Crippen LogP contribution in [0.2, 0.25) is 0 Å². The van der Waals surface area contributed by atoms with Crippen molar-refractivity contribution in [2.45, 2.75) is 26.3 Å². The number of rotatable bonds is 5. The molecular weight excluding hydrogens is 168 g/mol. The van der Waals surface area contributed by atoms with E-state index in [1.165, 1.54) is 7.05 Å². The molecule has 0 radical (unpaired) electrons. The molecule has 0 fully saturated rings. The topological polar surface area (TPSA) is 49.4 Å². The lowest BCUT2D eigenvalue weighted by atomic mass is 10.0. The Hall–Kier alpha value is -0.900. The number of amides is 2. The molecule has 0 bridgehead atoms. The number of hydrogen-bond donors (Lipinski definition) is 1. The van der Waals surface area contributed by atoms with Gasteiger partial charge in [0.25, 0.3) is 0 Å². The summed E-state index contributed by atoms with van der Waals surface area (Å²) in [7, 11) is 3.20. The number of imide groups is 1. The summed E-state index contributed by atoms with van der Waals surface area (Å²) >= 11 is 0. The van der Waals surface area contributed by atoms with Crippen molar-refractivity contribution < 1.29 is 9.59 Å². The summed E-state index contributed by atoms with van der Waals surface area (Å²) in [6, 6.07) is -0.254. The van der Waals surface area contributed by atoms with Crippen molar-refractivity contribution in [2.24, 2.45) is 5.92 Å². The molecule has 76 valence electrons. The average Bonchev–Trinajstić information content (AvgIpc) is 2.11. The van der Waals surface area contributed by atoms with Gasteiger partial charge in [0.15, 0.2) is 0 Å². The first-order chi connectivity index (χ1) is 6.02. The van der Waals surface area contributed by atoms with Gasteiger partial charge in [0.05, 0.1) is 6.04 Å². The van der Waals surface area contributed by atoms with Crippen molar-refractivity contribution in [3.8, 4) is 0 Å². The maximum absolute atomic E-state index is 11.5. The number of nitrogens with zero attached hydrogens (tertiary/aromatic N) is 1. The van der Waals surface area contributed by atoms with Crippen LogP contribution in [-0.2, 0) is 9.59 Å². The van der Waals surface area contributed by atoms with E-state index in [1.807, 2.05) is 13.8 Å². The van der Waals surface area contributed by atoms with E-state index in [1.54, 1.807) is 7.05 Å². The largest absolute Gasteiger partial charge is 0.309 e. The molecule has 0 saturated carbocycles. The molecule has 4 heteroatoms. The van der Waals surface area contributed by atoms with Gasteiger partial charge in [-0.25, -0.2) is 0 Å². The SMILES string of the molecule is CN[C@@H](CC(C)C)C(=O)N(C)C=O. The van der Waals surface area contributed by atoms with Crippen LogP contribution in [0.15, 0.2) is 0 Å². The molecule has 0 heterocycles. The van der Waals surface area contributed by atoms with Gasteiger partial charge in [-0.2, -0.15) is 0 Å². The van der Waals surface area contributed by atoms with Gasteiger partial charge >= 0.3 is 0 Å². The van der Waals surface area contributed by atoms with E-state index < -0.39 is 0 Å². The average molecular weight is 186 g/mol. The first-order valence-electron chi connectivity index (χ1n) is 4.42. The van der Waals surface area contributed by atoms with E-state index in [9.17, 15) is 9.59 Å². The number of nitrogens with one attached hydrogen (secondary N) is 1. The van der Waals surface area contributed by atoms with E-state index in [0.29, 0.717) is 12.3 Å². The molecule has 0 aliphatic rings. The van der Waals surface area contributed by atoms with Crippen LogP contribution in [0.5, 0.6) is 0 Å². The van der Waals surface area contributed by atoms with E-state index in [-0.39, 0.29) is 11.9 Å². The third kappa shape index (κ3) is 4.03. The highest BCUT2D eigenvalue weighted by Gasteiger charge is 2.20. The van der Waals surface area contributed by atoms with Gasteiger partial charge in [-0.1, -0.05) is 13.8 Å². The lowest BCUT2D eigenvalue weighted by Crippen LogP contribution is -2.43. The zero-order chi connectivity index (χ0) is 10.4. The Balaban J connectivity index is 4.22. The van der Waals surface area contributed by atoms with E-state index in [0.717, 1.165) is 11.3 Å². The van der Waals surface area contributed by atoms with Gasteiger partial charge in [-0.3, -0.25) is 14.5 Å². The third-order valence-corrected chi connectivity index (χ3v) is 1.86. The van der Waals surface area contributed by atoms with Gasteiger partial charge in [0.2, 0.25) is 12.3 Å². The molecule has 0 aliphatic carbocycles. The molecule has 0 aliphatic heterocycles. The van der Waals surface area contributed by atoms with Gasteiger partial charge in [0.1, 0.15) is 0 Å². The van der Waals surface area contributed by atoms with Crippen LogP contribution in [0, 0.1) is 5.92 Å². The van der Waals surface area contributed by atoms with Crippen LogP contribution >= 0.6 is 0 Å². The highest BCUT2D eigenvalue weighted by atomic mass is 16.2. The quantitative estimate of drug-likeness (QED) is 0.625. The second-order valence-electron chi connectivity index (χ2n) is 3.53. The Labute approximate surface area is 79.3 Å². The highest BCUT2D eigenvalue weighted by Crippen LogP contribution is 2.05. The Kier molecular flexibility index (Phi) is 5.30. The molecule has 13 heavy (non-hydrogen) atoms. The van der Waals surface area contributed by atoms with Gasteiger partial charge in [0, 0.05) is 7.05 Å². The van der Waals surface area contributed by atoms with E-state index in [4.69, 9.17) is 0 Å². The molecule has 0 aromatic heterocycles. The van der Waals surface area contributed by atoms with Crippen molar-refractivity contribution in [1.82, 2.24) is 10.2 Å². The van der Waals surface area contributed by atoms with Crippen molar-refractivity contribution >= 4 is 12.3 Å². The first-order valence-corrected chi connectivity index (χ1v) is 4.42. The molecule has 0 rings (SSSR count). The predicted molar refractivity (Wildman–Crippen MR) is 51.1 cm³/mol. The van der Waals surface area contributed by atoms with Crippen LogP contribution < -0.4 is 5.32 Å². The molecular formula is C9H18N2O2. The van der Waals surface area contributed by atoms with Crippen LogP contribution in [0.1, 0.15) is 20.3 Å². The van der Waals surface area contributed by atoms with Crippen molar-refractivity contribution in [2.75, 3.05) is 14.1 Å². The minimum Gasteiger partial charge on any atom is -0.309 e. The number of likely N-dealkylation sites (N-methyl/N-ethyl adjacent to an activating group) is 2. The summed E-state index contributed by atoms with van der Waals surface area (Å²) in [6.45, 7) is 4.08. The van der Waals surface area contributed by atoms with Gasteiger partial charge < -0.3 is 5.32 Å². The Morgan fingerprint density at radius 2 is 2.08 bits per heavy atom. The fourth-order valence-corrected chi connectivity index (χ4v) is 1.11. The summed E-state index contributed by atoms with van der Waals surface area (Å²) < 4.78 is 0. The van der Waals surface area contributed by atoms with Crippen LogP contribution in [0.3, 0.4) is 0 Å². The summed E-state index contributed by atoms with van der Waals surface area (Å²) in [5.41, 5.74) is 0. The van der Waals surface area contributed by atoms with E-state index >= 15 is 0 Å². The first kappa shape index (κ1) is 12.1. The van der Waals surface area contributed by atoms with Crippen molar-refractivity contribution in [1.29, 1.82) is 0 Å². The minimum absolute atomic E-state index is 0.175. The molecule has 0 spiro atoms. The smallest absolute Gasteiger partial charge is 0.245 e. The second kappa shape index (κ2) is 5.70. The molecule has 4 nitrogen and oxygen atoms in total. The fourth-order valence-electron chi connectivity index (χ4n) is 1.11. The summed E-state index contributed by atoms with van der Waals surface area (Å²) in [5, 5.41) is 2.90. The van der Waals surface area contributed by atoms with Crippen LogP contribution in [0.25, 0.3) is 0 Å². The van der Waals surface area contributed by atoms with Gasteiger partial charge in [-0.05, 0) is 19.4 Å². The number of hydrogen-bond acceptors (Lipinski definition) is 3. The normalized spacial score (nSPS) is 12.7. The van der Waals surface area contributed by atoms with Crippen molar-refractivity contribution in [3.63, 3.8) is 0 Å². The Morgan fingerprint density at radius 3 is 2.38 bits per heavy atom. The number of carbonyl (C=O) groups is 2. The molecule has 0 aromatic carbocycles. The lowest BCUT2D eigenvalue weighted by molar-refractivity contribution is -0.138. The molecule has 1 atom stereocenters. The zero-order valence-electron chi connectivity index (χ0n) is 8.70. The molecule has 0 unspecified atom stereocenters. The lowest BCUT2D eigenvalue weighted by Gasteiger charge is -2.20. The minimum atomic E-state index is -0.254. The molecule has 0 saturated heterocycles. The van der Waals surface area contributed by atoms with Gasteiger partial charge in [-0.15, -0.1) is 0 Å². The summed E-state index contributed by atoms with van der Waals surface area (Å²) in [6.07, 6.45) is 1.28. The maximum Gasteiger partial charge on any atom is 0.245 e. The molecule has 1 N–H and O–H groups in total. The maximum atomic E-state index is 11.5. The van der Waals surface area contributed by atoms with E-state index in [2.05, 4.69) is 5.32 Å². The summed E-state index contributed by atoms with van der Waals surface area (Å²) in [4.78, 5) is 22.9. The monoisotopic (exact) mass is 186 g/mol. The Bertz CT molecular complexity index is 180. The number of carbonyl (C=O) groups excluding carboxylic acids is 2. The second-order valence-corrected chi connectivity index (χ2v) is 3.53. The standard InChI is InChI=1S/C9H18N2O2/c1-7(2)5-8(10-3)9(13)11(4)6-12/h6-8,10H,5H2,1-4H3/t8-/m0/s1. The van der Waals surface area contributed by atoms with Crippen LogP contribution in [0.4, 0.5) is 0 Å². The van der Waals surface area contributed by atoms with Crippen molar-refractivity contribution in [3.05, 3.63) is 0 Å². The summed E-state index contributed by atoms with van der Waals surface area (Å²) in [5.74, 6) is 0.257.